The predicted octanol–water partition coefficient (Wildman–Crippen LogP) is 5.79. The molecule has 0 spiro atoms. The van der Waals surface area contributed by atoms with Gasteiger partial charge in [0, 0.05) is 15.0 Å². The second-order valence-corrected chi connectivity index (χ2v) is 19.3. The highest BCUT2D eigenvalue weighted by atomic mass is 35.6. The lowest BCUT2D eigenvalue weighted by Crippen LogP contribution is -2.72. The molecule has 0 saturated carbocycles. The van der Waals surface area contributed by atoms with Crippen molar-refractivity contribution in [3.63, 3.8) is 0 Å². The molecule has 2 heterocycles. The number of fused-ring (bicyclic) bond motifs is 1. The highest BCUT2D eigenvalue weighted by molar-refractivity contribution is 7.99. The molecule has 0 aliphatic carbocycles. The number of thioether (sulfide) groups is 1. The number of alkyl carbamates (subject to hydrolysis) is 1. The third-order valence-electron chi connectivity index (χ3n) is 6.05. The average Bonchev–Trinajstić information content (AvgIpc) is 2.73. The minimum atomic E-state index is -2.88. The zero-order chi connectivity index (χ0) is 26.2. The Hall–Kier alpha value is -0.233. The van der Waals surface area contributed by atoms with Crippen molar-refractivity contribution in [1.82, 2.24) is 5.32 Å². The van der Waals surface area contributed by atoms with Crippen molar-refractivity contribution in [2.45, 2.75) is 90.1 Å². The standard InChI is InChI=1S/C23H34Cl3NO6SSi/c1-21(2,3)35(22(4,5)6)31-12-15-18(33-35)17(28)16(27-20(29)30-13-23(24,25)26)19(32-15)34-14-10-8-7-9-11-14/h7-11,15-19,28H,12-13H2,1-6H3,(H,27,29)/t15?,16?,17-,18+,19+/m1/s1. The fourth-order valence-corrected chi connectivity index (χ4v) is 11.0. The van der Waals surface area contributed by atoms with Crippen LogP contribution in [0.3, 0.4) is 0 Å². The Morgan fingerprint density at radius 1 is 1.14 bits per heavy atom. The Bertz CT molecular complexity index is 863. The molecule has 2 aliphatic heterocycles. The van der Waals surface area contributed by atoms with E-state index in [0.717, 1.165) is 4.90 Å². The summed E-state index contributed by atoms with van der Waals surface area (Å²) < 4.78 is 22.9. The first kappa shape index (κ1) is 29.3. The van der Waals surface area contributed by atoms with Gasteiger partial charge in [0.05, 0.1) is 12.6 Å². The zero-order valence-electron chi connectivity index (χ0n) is 20.7. The summed E-state index contributed by atoms with van der Waals surface area (Å²) >= 11 is 18.5. The molecule has 1 amide bonds. The van der Waals surface area contributed by atoms with Gasteiger partial charge < -0.3 is 28.7 Å². The summed E-state index contributed by atoms with van der Waals surface area (Å²) in [5.41, 5.74) is -0.639. The Balaban J connectivity index is 1.88. The van der Waals surface area contributed by atoms with E-state index >= 15 is 0 Å². The molecule has 0 radical (unpaired) electrons. The van der Waals surface area contributed by atoms with E-state index in [0.29, 0.717) is 6.61 Å². The number of rotatable bonds is 4. The highest BCUT2D eigenvalue weighted by Gasteiger charge is 2.64. The van der Waals surface area contributed by atoms with Crippen LogP contribution in [0.2, 0.25) is 10.1 Å². The maximum atomic E-state index is 12.6. The molecule has 2 N–H and O–H groups in total. The molecule has 2 unspecified atom stereocenters. The van der Waals surface area contributed by atoms with Gasteiger partial charge in [-0.15, -0.1) is 0 Å². The SMILES string of the molecule is CC(C)(C)[Si]1(C(C)(C)C)OCC2O[C@@H](Sc3ccccc3)C(NC(=O)OCC(Cl)(Cl)Cl)[C@@H](O)[C@H]2O1. The zero-order valence-corrected chi connectivity index (χ0v) is 24.8. The van der Waals surface area contributed by atoms with E-state index in [-0.39, 0.29) is 10.1 Å². The van der Waals surface area contributed by atoms with Gasteiger partial charge in [-0.3, -0.25) is 0 Å². The van der Waals surface area contributed by atoms with Gasteiger partial charge in [-0.1, -0.05) is 106 Å². The average molecular weight is 587 g/mol. The topological polar surface area (TPSA) is 86.3 Å². The number of carbonyl (C=O) groups is 1. The number of hydrogen-bond acceptors (Lipinski definition) is 7. The van der Waals surface area contributed by atoms with Gasteiger partial charge in [0.15, 0.2) is 0 Å². The molecule has 5 atom stereocenters. The molecule has 7 nitrogen and oxygen atoms in total. The third-order valence-corrected chi connectivity index (χ3v) is 12.7. The van der Waals surface area contributed by atoms with Crippen LogP contribution in [0.4, 0.5) is 4.79 Å². The number of alkyl halides is 3. The first-order valence-electron chi connectivity index (χ1n) is 11.4. The number of carbonyl (C=O) groups excluding carboxylic acids is 1. The van der Waals surface area contributed by atoms with E-state index < -0.39 is 54.8 Å². The van der Waals surface area contributed by atoms with Crippen LogP contribution >= 0.6 is 46.6 Å². The van der Waals surface area contributed by atoms with Crippen LogP contribution in [-0.4, -0.2) is 66.6 Å². The van der Waals surface area contributed by atoms with Crippen molar-refractivity contribution in [2.24, 2.45) is 0 Å². The van der Waals surface area contributed by atoms with Crippen LogP contribution in [0.15, 0.2) is 35.2 Å². The number of aliphatic hydroxyl groups excluding tert-OH is 1. The largest absolute Gasteiger partial charge is 0.445 e. The van der Waals surface area contributed by atoms with E-state index in [1.54, 1.807) is 0 Å². The summed E-state index contributed by atoms with van der Waals surface area (Å²) in [4.78, 5) is 13.5. The van der Waals surface area contributed by atoms with Crippen molar-refractivity contribution in [3.05, 3.63) is 30.3 Å². The summed E-state index contributed by atoms with van der Waals surface area (Å²) in [5.74, 6) is 0. The van der Waals surface area contributed by atoms with Crippen LogP contribution in [-0.2, 0) is 18.3 Å². The summed E-state index contributed by atoms with van der Waals surface area (Å²) in [6.45, 7) is 12.4. The number of amides is 1. The van der Waals surface area contributed by atoms with Gasteiger partial charge in [-0.05, 0) is 12.1 Å². The number of nitrogens with one attached hydrogen (secondary N) is 1. The molecule has 2 aliphatic rings. The third kappa shape index (κ3) is 6.80. The number of benzene rings is 1. The minimum absolute atomic E-state index is 0.280. The molecule has 35 heavy (non-hydrogen) atoms. The first-order valence-corrected chi connectivity index (χ1v) is 15.2. The maximum Gasteiger partial charge on any atom is 0.407 e. The number of halogens is 3. The first-order chi connectivity index (χ1) is 16.0. The molecule has 0 aromatic heterocycles. The van der Waals surface area contributed by atoms with E-state index in [9.17, 15) is 9.90 Å². The number of hydrogen-bond donors (Lipinski definition) is 2. The fourth-order valence-electron chi connectivity index (χ4n) is 4.75. The van der Waals surface area contributed by atoms with Crippen LogP contribution in [0.1, 0.15) is 41.5 Å². The van der Waals surface area contributed by atoms with E-state index in [2.05, 4.69) is 46.9 Å². The van der Waals surface area contributed by atoms with Crippen molar-refractivity contribution in [3.8, 4) is 0 Å². The molecule has 1 aromatic carbocycles. The quantitative estimate of drug-likeness (QED) is 0.341. The van der Waals surface area contributed by atoms with Gasteiger partial charge in [-0.2, -0.15) is 0 Å². The summed E-state index contributed by atoms with van der Waals surface area (Å²) in [5, 5.41) is 13.7. The van der Waals surface area contributed by atoms with Crippen LogP contribution in [0.25, 0.3) is 0 Å². The molecule has 2 fully saturated rings. The van der Waals surface area contributed by atoms with E-state index in [1.165, 1.54) is 11.8 Å². The lowest BCUT2D eigenvalue weighted by Gasteiger charge is -2.57. The van der Waals surface area contributed by atoms with Crippen molar-refractivity contribution in [2.75, 3.05) is 13.2 Å². The normalized spacial score (nSPS) is 29.3. The van der Waals surface area contributed by atoms with Crippen LogP contribution < -0.4 is 5.32 Å². The van der Waals surface area contributed by atoms with E-state index in [1.807, 2.05) is 30.3 Å². The van der Waals surface area contributed by atoms with Gasteiger partial charge in [-0.25, -0.2) is 4.79 Å². The number of ether oxygens (including phenoxy) is 2. The molecular weight excluding hydrogens is 553 g/mol. The van der Waals surface area contributed by atoms with Crippen molar-refractivity contribution >= 4 is 61.2 Å². The monoisotopic (exact) mass is 585 g/mol. The number of aliphatic hydroxyl groups is 1. The summed E-state index contributed by atoms with van der Waals surface area (Å²) in [6.07, 6.45) is -3.12. The second kappa shape index (κ2) is 10.9. The fraction of sp³-hybridized carbons (Fsp3) is 0.696. The van der Waals surface area contributed by atoms with Crippen molar-refractivity contribution < 1.29 is 28.2 Å². The molecular formula is C23H34Cl3NO6SSi. The Kier molecular flexibility index (Phi) is 9.10. The van der Waals surface area contributed by atoms with Crippen LogP contribution in [0.5, 0.6) is 0 Å². The highest BCUT2D eigenvalue weighted by Crippen LogP contribution is 2.55. The van der Waals surface area contributed by atoms with Crippen molar-refractivity contribution in [1.29, 1.82) is 0 Å². The Labute approximate surface area is 227 Å². The summed E-state index contributed by atoms with van der Waals surface area (Å²) in [7, 11) is -2.88. The summed E-state index contributed by atoms with van der Waals surface area (Å²) in [6, 6.07) is 8.72. The Morgan fingerprint density at radius 3 is 2.29 bits per heavy atom. The maximum absolute atomic E-state index is 12.6. The molecule has 12 heteroatoms. The molecule has 0 bridgehead atoms. The minimum Gasteiger partial charge on any atom is -0.445 e. The van der Waals surface area contributed by atoms with Gasteiger partial charge in [0.1, 0.15) is 30.4 Å². The van der Waals surface area contributed by atoms with E-state index in [4.69, 9.17) is 53.1 Å². The molecule has 1 aromatic rings. The Morgan fingerprint density at radius 2 is 1.74 bits per heavy atom. The molecule has 3 rings (SSSR count). The van der Waals surface area contributed by atoms with Gasteiger partial charge in [0.25, 0.3) is 0 Å². The molecule has 198 valence electrons. The van der Waals surface area contributed by atoms with Gasteiger partial charge in [0.2, 0.25) is 3.79 Å². The van der Waals surface area contributed by atoms with Crippen LogP contribution in [0, 0.1) is 0 Å². The van der Waals surface area contributed by atoms with Gasteiger partial charge >= 0.3 is 14.7 Å². The molecule has 2 saturated heterocycles. The predicted molar refractivity (Wildman–Crippen MR) is 142 cm³/mol. The second-order valence-electron chi connectivity index (χ2n) is 10.8. The smallest absolute Gasteiger partial charge is 0.407 e. The lowest BCUT2D eigenvalue weighted by atomic mass is 9.98. The lowest BCUT2D eigenvalue weighted by molar-refractivity contribution is -0.194.